The van der Waals surface area contributed by atoms with Crippen molar-refractivity contribution in [2.45, 2.75) is 44.9 Å². The molecule has 0 radical (unpaired) electrons. The smallest absolute Gasteiger partial charge is 0.341 e. The van der Waals surface area contributed by atoms with Crippen LogP contribution in [-0.2, 0) is 9.47 Å². The molecule has 0 bridgehead atoms. The highest BCUT2D eigenvalue weighted by Crippen LogP contribution is 2.40. The molecular formula is C25H30Cl2O6. The molecule has 0 spiro atoms. The average Bonchev–Trinajstić information content (AvgIpc) is 2.81. The number of esters is 2. The van der Waals surface area contributed by atoms with E-state index in [2.05, 4.69) is 6.92 Å². The summed E-state index contributed by atoms with van der Waals surface area (Å²) in [6.45, 7) is 2.15. The van der Waals surface area contributed by atoms with E-state index in [1.165, 1.54) is 28.4 Å². The van der Waals surface area contributed by atoms with Gasteiger partial charge in [0.25, 0.3) is 0 Å². The van der Waals surface area contributed by atoms with Crippen LogP contribution in [0.2, 0.25) is 10.0 Å². The van der Waals surface area contributed by atoms with Crippen LogP contribution in [0.4, 0.5) is 0 Å². The third kappa shape index (κ3) is 6.33. The Morgan fingerprint density at radius 2 is 1.21 bits per heavy atom. The van der Waals surface area contributed by atoms with Gasteiger partial charge in [-0.25, -0.2) is 9.59 Å². The average molecular weight is 497 g/mol. The van der Waals surface area contributed by atoms with Crippen LogP contribution in [0.1, 0.15) is 76.8 Å². The summed E-state index contributed by atoms with van der Waals surface area (Å²) < 4.78 is 20.5. The van der Waals surface area contributed by atoms with E-state index in [1.54, 1.807) is 24.3 Å². The fourth-order valence-electron chi connectivity index (χ4n) is 3.87. The first-order valence-electron chi connectivity index (χ1n) is 10.7. The lowest BCUT2D eigenvalue weighted by Gasteiger charge is -2.22. The van der Waals surface area contributed by atoms with Gasteiger partial charge in [-0.05, 0) is 41.8 Å². The summed E-state index contributed by atoms with van der Waals surface area (Å²) in [5.74, 6) is -0.799. The number of unbranched alkanes of at least 4 members (excludes halogenated alkanes) is 3. The topological polar surface area (TPSA) is 71.1 Å². The summed E-state index contributed by atoms with van der Waals surface area (Å²) in [4.78, 5) is 24.8. The first-order chi connectivity index (χ1) is 15.8. The second-order valence-electron chi connectivity index (χ2n) is 7.55. The van der Waals surface area contributed by atoms with Crippen LogP contribution in [0.3, 0.4) is 0 Å². The van der Waals surface area contributed by atoms with Crippen LogP contribution in [0.5, 0.6) is 11.5 Å². The standard InChI is InChI=1S/C25H30Cl2O6/c1-6-7-8-9-10-17(15-11-18(24(28)32-4)22(30-2)20(26)13-15)16-12-19(25(29)33-5)23(31-3)21(27)14-16/h11-14,17H,6-10H2,1-5H3. The third-order valence-electron chi connectivity index (χ3n) is 5.50. The van der Waals surface area contributed by atoms with Crippen molar-refractivity contribution in [2.24, 2.45) is 0 Å². The van der Waals surface area contributed by atoms with Gasteiger partial charge in [-0.2, -0.15) is 0 Å². The molecule has 0 heterocycles. The minimum Gasteiger partial charge on any atom is -0.494 e. The fourth-order valence-corrected chi connectivity index (χ4v) is 4.48. The highest BCUT2D eigenvalue weighted by atomic mass is 35.5. The summed E-state index contributed by atoms with van der Waals surface area (Å²) in [6.07, 6.45) is 4.96. The van der Waals surface area contributed by atoms with Crippen molar-refractivity contribution in [2.75, 3.05) is 28.4 Å². The van der Waals surface area contributed by atoms with Gasteiger partial charge in [0, 0.05) is 5.92 Å². The molecule has 6 nitrogen and oxygen atoms in total. The van der Waals surface area contributed by atoms with E-state index in [-0.39, 0.29) is 28.5 Å². The zero-order chi connectivity index (χ0) is 24.5. The Morgan fingerprint density at radius 3 is 1.58 bits per heavy atom. The van der Waals surface area contributed by atoms with Crippen molar-refractivity contribution in [1.82, 2.24) is 0 Å². The van der Waals surface area contributed by atoms with Crippen LogP contribution in [0, 0.1) is 0 Å². The Bertz CT molecular complexity index is 916. The molecule has 0 saturated carbocycles. The minimum absolute atomic E-state index is 0.194. The molecule has 0 unspecified atom stereocenters. The maximum Gasteiger partial charge on any atom is 0.341 e. The van der Waals surface area contributed by atoms with Crippen molar-refractivity contribution in [3.8, 4) is 11.5 Å². The molecule has 0 atom stereocenters. The SMILES string of the molecule is CCCCCCC(c1cc(Cl)c(OC)c(C(=O)OC)c1)c1cc(Cl)c(OC)c(C(=O)OC)c1. The molecule has 180 valence electrons. The Hall–Kier alpha value is -2.44. The Balaban J connectivity index is 2.68. The van der Waals surface area contributed by atoms with Crippen molar-refractivity contribution >= 4 is 35.1 Å². The van der Waals surface area contributed by atoms with Crippen LogP contribution < -0.4 is 9.47 Å². The quantitative estimate of drug-likeness (QED) is 0.255. The fraction of sp³-hybridized carbons (Fsp3) is 0.440. The molecule has 2 aromatic carbocycles. The van der Waals surface area contributed by atoms with E-state index < -0.39 is 11.9 Å². The second-order valence-corrected chi connectivity index (χ2v) is 8.37. The van der Waals surface area contributed by atoms with Gasteiger partial charge in [0.2, 0.25) is 0 Å². The van der Waals surface area contributed by atoms with Gasteiger partial charge in [0.05, 0.1) is 38.5 Å². The van der Waals surface area contributed by atoms with Gasteiger partial charge in [-0.15, -0.1) is 0 Å². The lowest BCUT2D eigenvalue weighted by molar-refractivity contribution is 0.0588. The molecule has 0 fully saturated rings. The van der Waals surface area contributed by atoms with Gasteiger partial charge in [-0.3, -0.25) is 0 Å². The van der Waals surface area contributed by atoms with E-state index in [0.717, 1.165) is 43.2 Å². The summed E-state index contributed by atoms with van der Waals surface area (Å²) in [5, 5.41) is 0.587. The normalized spacial score (nSPS) is 10.8. The number of benzene rings is 2. The van der Waals surface area contributed by atoms with Crippen molar-refractivity contribution in [1.29, 1.82) is 0 Å². The molecule has 0 aromatic heterocycles. The van der Waals surface area contributed by atoms with Crippen molar-refractivity contribution in [3.05, 3.63) is 56.6 Å². The van der Waals surface area contributed by atoms with Crippen LogP contribution in [0.25, 0.3) is 0 Å². The van der Waals surface area contributed by atoms with E-state index in [0.29, 0.717) is 10.0 Å². The van der Waals surface area contributed by atoms with Crippen molar-refractivity contribution < 1.29 is 28.5 Å². The second kappa shape index (κ2) is 12.7. The summed E-state index contributed by atoms with van der Waals surface area (Å²) in [6, 6.07) is 6.98. The predicted octanol–water partition coefficient (Wildman–Crippen LogP) is 6.69. The molecule has 2 aromatic rings. The predicted molar refractivity (Wildman–Crippen MR) is 129 cm³/mol. The summed E-state index contributed by atoms with van der Waals surface area (Å²) in [7, 11) is 5.50. The number of methoxy groups -OCH3 is 4. The highest BCUT2D eigenvalue weighted by Gasteiger charge is 2.25. The minimum atomic E-state index is -0.552. The molecule has 0 saturated heterocycles. The van der Waals surface area contributed by atoms with E-state index in [9.17, 15) is 9.59 Å². The number of halogens is 2. The lowest BCUT2D eigenvalue weighted by atomic mass is 9.85. The zero-order valence-corrected chi connectivity index (χ0v) is 21.1. The lowest BCUT2D eigenvalue weighted by Crippen LogP contribution is -2.10. The number of hydrogen-bond acceptors (Lipinski definition) is 6. The third-order valence-corrected chi connectivity index (χ3v) is 6.06. The number of carbonyl (C=O) groups is 2. The van der Waals surface area contributed by atoms with Gasteiger partial charge in [-0.1, -0.05) is 55.8 Å². The Kier molecular flexibility index (Phi) is 10.3. The maximum absolute atomic E-state index is 12.4. The molecule has 2 rings (SSSR count). The summed E-state index contributed by atoms with van der Waals surface area (Å²) in [5.41, 5.74) is 2.03. The first kappa shape index (κ1) is 26.8. The molecule has 0 N–H and O–H groups in total. The van der Waals surface area contributed by atoms with Gasteiger partial charge in [0.15, 0.2) is 11.5 Å². The number of rotatable bonds is 11. The first-order valence-corrected chi connectivity index (χ1v) is 11.5. The molecular weight excluding hydrogens is 467 g/mol. The molecule has 33 heavy (non-hydrogen) atoms. The van der Waals surface area contributed by atoms with E-state index >= 15 is 0 Å². The van der Waals surface area contributed by atoms with Gasteiger partial charge < -0.3 is 18.9 Å². The largest absolute Gasteiger partial charge is 0.494 e. The van der Waals surface area contributed by atoms with E-state index in [1.807, 2.05) is 0 Å². The molecule has 0 amide bonds. The maximum atomic E-state index is 12.4. The molecule has 0 aliphatic carbocycles. The number of carbonyl (C=O) groups excluding carboxylic acids is 2. The molecule has 0 aliphatic heterocycles. The molecule has 8 heteroatoms. The highest BCUT2D eigenvalue weighted by molar-refractivity contribution is 6.33. The molecule has 0 aliphatic rings. The Labute approximate surface area is 205 Å². The number of ether oxygens (including phenoxy) is 4. The van der Waals surface area contributed by atoms with Crippen LogP contribution in [-0.4, -0.2) is 40.4 Å². The number of hydrogen-bond donors (Lipinski definition) is 0. The zero-order valence-electron chi connectivity index (χ0n) is 19.6. The van der Waals surface area contributed by atoms with Crippen molar-refractivity contribution in [3.63, 3.8) is 0 Å². The van der Waals surface area contributed by atoms with Crippen LogP contribution >= 0.6 is 23.2 Å². The Morgan fingerprint density at radius 1 is 0.758 bits per heavy atom. The van der Waals surface area contributed by atoms with Gasteiger partial charge >= 0.3 is 11.9 Å². The monoisotopic (exact) mass is 496 g/mol. The summed E-state index contributed by atoms with van der Waals surface area (Å²) >= 11 is 13.0. The van der Waals surface area contributed by atoms with Crippen LogP contribution in [0.15, 0.2) is 24.3 Å². The van der Waals surface area contributed by atoms with Gasteiger partial charge in [0.1, 0.15) is 11.1 Å². The van der Waals surface area contributed by atoms with E-state index in [4.69, 9.17) is 42.1 Å².